The third-order valence-corrected chi connectivity index (χ3v) is 3.78. The van der Waals surface area contributed by atoms with Crippen molar-refractivity contribution >= 4 is 27.9 Å². The molecule has 3 N–H and O–H groups in total. The van der Waals surface area contributed by atoms with Crippen LogP contribution in [0.1, 0.15) is 5.82 Å². The zero-order valence-corrected chi connectivity index (χ0v) is 13.1. The van der Waals surface area contributed by atoms with Gasteiger partial charge in [-0.15, -0.1) is 0 Å². The minimum absolute atomic E-state index is 0.0569. The molecule has 10 heteroatoms. The van der Waals surface area contributed by atoms with Gasteiger partial charge in [0.2, 0.25) is 0 Å². The molecule has 0 saturated heterocycles. The van der Waals surface area contributed by atoms with Gasteiger partial charge in [-0.25, -0.2) is 29.0 Å². The van der Waals surface area contributed by atoms with Gasteiger partial charge in [0.25, 0.3) is 5.56 Å². The summed E-state index contributed by atoms with van der Waals surface area (Å²) in [4.78, 5) is 32.1. The fourth-order valence-corrected chi connectivity index (χ4v) is 2.65. The van der Waals surface area contributed by atoms with Gasteiger partial charge < -0.3 is 15.7 Å². The lowest BCUT2D eigenvalue weighted by molar-refractivity contribution is 0.635. The Bertz CT molecular complexity index is 1140. The molecule has 0 spiro atoms. The Morgan fingerprint density at radius 2 is 2.16 bits per heavy atom. The topological polar surface area (TPSA) is 113 Å². The van der Waals surface area contributed by atoms with E-state index in [1.54, 1.807) is 13.1 Å². The van der Waals surface area contributed by atoms with E-state index >= 15 is 0 Å². The number of aromatic amines is 1. The number of aromatic nitrogens is 6. The van der Waals surface area contributed by atoms with Gasteiger partial charge in [-0.05, 0) is 12.1 Å². The number of H-pyrrole nitrogens is 1. The molecule has 0 saturated carbocycles. The van der Waals surface area contributed by atoms with E-state index in [0.29, 0.717) is 28.3 Å². The smallest absolute Gasteiger partial charge is 0.283 e. The first-order valence-electron chi connectivity index (χ1n) is 7.45. The molecule has 0 fully saturated rings. The number of benzene rings is 1. The molecule has 0 atom stereocenters. The Labute approximate surface area is 139 Å². The van der Waals surface area contributed by atoms with E-state index < -0.39 is 11.4 Å². The summed E-state index contributed by atoms with van der Waals surface area (Å²) in [7, 11) is 1.57. The summed E-state index contributed by atoms with van der Waals surface area (Å²) >= 11 is 0. The molecule has 126 valence electrons. The largest absolute Gasteiger partial charge is 0.361 e. The van der Waals surface area contributed by atoms with Crippen molar-refractivity contribution in [3.8, 4) is 0 Å². The van der Waals surface area contributed by atoms with Crippen LogP contribution in [0.3, 0.4) is 0 Å². The Morgan fingerprint density at radius 3 is 3.00 bits per heavy atom. The lowest BCUT2D eigenvalue weighted by Crippen LogP contribution is -2.32. The van der Waals surface area contributed by atoms with Crippen LogP contribution in [0.5, 0.6) is 0 Å². The van der Waals surface area contributed by atoms with Crippen molar-refractivity contribution in [3.63, 3.8) is 0 Å². The van der Waals surface area contributed by atoms with Crippen LogP contribution in [0.2, 0.25) is 0 Å². The highest BCUT2D eigenvalue weighted by molar-refractivity contribution is 5.82. The van der Waals surface area contributed by atoms with Crippen molar-refractivity contribution in [2.24, 2.45) is 0 Å². The van der Waals surface area contributed by atoms with Crippen LogP contribution in [-0.2, 0) is 6.54 Å². The highest BCUT2D eigenvalue weighted by Gasteiger charge is 2.14. The van der Waals surface area contributed by atoms with Crippen molar-refractivity contribution in [2.45, 2.75) is 6.54 Å². The normalized spacial score (nSPS) is 11.1. The van der Waals surface area contributed by atoms with Gasteiger partial charge >= 0.3 is 0 Å². The number of nitrogens with one attached hydrogen (secondary N) is 3. The van der Waals surface area contributed by atoms with Crippen LogP contribution < -0.4 is 16.3 Å². The second kappa shape index (κ2) is 5.82. The summed E-state index contributed by atoms with van der Waals surface area (Å²) in [6, 6.07) is 4.35. The summed E-state index contributed by atoms with van der Waals surface area (Å²) in [5.74, 6) is 0.309. The molecule has 0 aliphatic carbocycles. The molecule has 0 unspecified atom stereocenters. The van der Waals surface area contributed by atoms with E-state index in [4.69, 9.17) is 0 Å². The number of imidazole rings is 1. The van der Waals surface area contributed by atoms with Crippen LogP contribution in [0.4, 0.5) is 10.2 Å². The van der Waals surface area contributed by atoms with Crippen molar-refractivity contribution in [3.05, 3.63) is 52.8 Å². The maximum Gasteiger partial charge on any atom is 0.283 e. The molecular weight excluding hydrogens is 327 g/mol. The molecule has 1 aromatic carbocycles. The minimum atomic E-state index is -0.603. The molecule has 0 aliphatic rings. The molecule has 4 rings (SSSR count). The fourth-order valence-electron chi connectivity index (χ4n) is 2.65. The summed E-state index contributed by atoms with van der Waals surface area (Å²) in [5.41, 5.74) is 3.70. The summed E-state index contributed by atoms with van der Waals surface area (Å²) in [5, 5.41) is 3.04. The molecule has 3 heterocycles. The van der Waals surface area contributed by atoms with E-state index in [0.717, 1.165) is 0 Å². The Morgan fingerprint density at radius 1 is 1.28 bits per heavy atom. The number of nitrogens with zero attached hydrogens (tertiary/aromatic N) is 5. The van der Waals surface area contributed by atoms with Gasteiger partial charge in [0, 0.05) is 7.05 Å². The van der Waals surface area contributed by atoms with Gasteiger partial charge in [-0.1, -0.05) is 6.07 Å². The van der Waals surface area contributed by atoms with Crippen LogP contribution >= 0.6 is 0 Å². The number of fused-ring (bicyclic) bond motifs is 2. The lowest BCUT2D eigenvalue weighted by Gasteiger charge is -2.13. The average Bonchev–Trinajstić information content (AvgIpc) is 3.09. The minimum Gasteiger partial charge on any atom is -0.361 e. The molecule has 4 aromatic rings. The Kier molecular flexibility index (Phi) is 3.49. The first kappa shape index (κ1) is 15.0. The van der Waals surface area contributed by atoms with Crippen LogP contribution in [0, 0.1) is 5.82 Å². The fraction of sp³-hybridized carbons (Fsp3) is 0.133. The molecule has 0 aliphatic heterocycles. The van der Waals surface area contributed by atoms with Crippen molar-refractivity contribution in [2.75, 3.05) is 17.8 Å². The van der Waals surface area contributed by atoms with Crippen LogP contribution in [-0.4, -0.2) is 36.6 Å². The Hall–Kier alpha value is -3.56. The van der Waals surface area contributed by atoms with Gasteiger partial charge in [0.1, 0.15) is 23.0 Å². The van der Waals surface area contributed by atoms with Crippen molar-refractivity contribution in [1.82, 2.24) is 29.6 Å². The highest BCUT2D eigenvalue weighted by atomic mass is 19.1. The highest BCUT2D eigenvalue weighted by Crippen LogP contribution is 2.16. The van der Waals surface area contributed by atoms with E-state index in [1.165, 1.54) is 29.5 Å². The van der Waals surface area contributed by atoms with Crippen LogP contribution in [0.15, 0.2) is 35.6 Å². The number of hydrogen-bond donors (Lipinski definition) is 3. The maximum atomic E-state index is 14.0. The summed E-state index contributed by atoms with van der Waals surface area (Å²) < 4.78 is 15.2. The van der Waals surface area contributed by atoms with Gasteiger partial charge in [-0.3, -0.25) is 4.79 Å². The third kappa shape index (κ3) is 2.43. The van der Waals surface area contributed by atoms with E-state index in [-0.39, 0.29) is 11.9 Å². The second-order valence-corrected chi connectivity index (χ2v) is 5.20. The first-order chi connectivity index (χ1) is 12.2. The monoisotopic (exact) mass is 340 g/mol. The molecule has 0 bridgehead atoms. The quantitative estimate of drug-likeness (QED) is 0.507. The average molecular weight is 340 g/mol. The number of halogens is 1. The zero-order valence-electron chi connectivity index (χ0n) is 13.1. The molecule has 0 radical (unpaired) electrons. The Balaban J connectivity index is 1.76. The summed E-state index contributed by atoms with van der Waals surface area (Å²) in [6.07, 6.45) is 2.91. The zero-order chi connectivity index (χ0) is 17.4. The van der Waals surface area contributed by atoms with Gasteiger partial charge in [0.05, 0.1) is 18.4 Å². The van der Waals surface area contributed by atoms with E-state index in [2.05, 4.69) is 35.7 Å². The van der Waals surface area contributed by atoms with Gasteiger partial charge in [0.15, 0.2) is 17.3 Å². The van der Waals surface area contributed by atoms with Crippen molar-refractivity contribution < 1.29 is 4.39 Å². The molecule has 9 nitrogen and oxygen atoms in total. The standard InChI is InChI=1S/C15H13FN8O/c1-17-24-10(23-9-4-2-3-8(16)11(9)15(24)25)5-18-13-12-14(20-6-19-12)22-7-21-13/h2-4,6-7,17H,5H2,1H3,(H2,18,19,20,21,22). The van der Waals surface area contributed by atoms with E-state index in [1.807, 2.05) is 0 Å². The first-order valence-corrected chi connectivity index (χ1v) is 7.45. The SMILES string of the molecule is CNn1c(CNc2ncnc3nc[nH]c23)nc2cccc(F)c2c1=O. The van der Waals surface area contributed by atoms with E-state index in [9.17, 15) is 9.18 Å². The molecule has 25 heavy (non-hydrogen) atoms. The second-order valence-electron chi connectivity index (χ2n) is 5.20. The van der Waals surface area contributed by atoms with Crippen molar-refractivity contribution in [1.29, 1.82) is 0 Å². The number of anilines is 1. The molecule has 3 aromatic heterocycles. The lowest BCUT2D eigenvalue weighted by atomic mass is 10.2. The number of hydrogen-bond acceptors (Lipinski definition) is 7. The predicted molar refractivity (Wildman–Crippen MR) is 90.3 cm³/mol. The van der Waals surface area contributed by atoms with Crippen LogP contribution in [0.25, 0.3) is 22.1 Å². The molecule has 0 amide bonds. The number of rotatable bonds is 4. The molecular formula is C15H13FN8O. The predicted octanol–water partition coefficient (Wildman–Crippen LogP) is 0.987. The summed E-state index contributed by atoms with van der Waals surface area (Å²) in [6.45, 7) is 0.188. The maximum absolute atomic E-state index is 14.0. The van der Waals surface area contributed by atoms with Gasteiger partial charge in [-0.2, -0.15) is 0 Å². The third-order valence-electron chi connectivity index (χ3n) is 3.78.